The summed E-state index contributed by atoms with van der Waals surface area (Å²) in [7, 11) is -3.51. The van der Waals surface area contributed by atoms with E-state index in [-0.39, 0.29) is 10.7 Å². The van der Waals surface area contributed by atoms with Crippen molar-refractivity contribution in [1.29, 1.82) is 0 Å². The third-order valence-electron chi connectivity index (χ3n) is 5.47. The Labute approximate surface area is 187 Å². The molecule has 0 atom stereocenters. The molecule has 2 aliphatic rings. The lowest BCUT2D eigenvalue weighted by atomic mass is 10.2. The van der Waals surface area contributed by atoms with Gasteiger partial charge in [0.05, 0.1) is 18.1 Å². The molecule has 2 saturated heterocycles. The van der Waals surface area contributed by atoms with E-state index in [0.29, 0.717) is 31.4 Å². The number of halogens is 1. The number of morpholine rings is 1. The zero-order valence-electron chi connectivity index (χ0n) is 17.0. The summed E-state index contributed by atoms with van der Waals surface area (Å²) in [5, 5.41) is 3.79. The van der Waals surface area contributed by atoms with Gasteiger partial charge >= 0.3 is 0 Å². The van der Waals surface area contributed by atoms with Gasteiger partial charge in [-0.3, -0.25) is 0 Å². The van der Waals surface area contributed by atoms with Crippen LogP contribution >= 0.6 is 12.2 Å². The van der Waals surface area contributed by atoms with Crippen molar-refractivity contribution >= 4 is 38.7 Å². The minimum absolute atomic E-state index is 0.239. The zero-order valence-corrected chi connectivity index (χ0v) is 18.7. The molecular formula is C21H25FN4O3S2. The molecule has 2 aromatic carbocycles. The summed E-state index contributed by atoms with van der Waals surface area (Å²) in [6, 6.07) is 13.2. The van der Waals surface area contributed by atoms with Gasteiger partial charge in [-0.25, -0.2) is 12.8 Å². The lowest BCUT2D eigenvalue weighted by Gasteiger charge is -2.37. The average molecular weight is 465 g/mol. The number of thiocarbonyl (C=S) groups is 1. The average Bonchev–Trinajstić information content (AvgIpc) is 2.81. The molecule has 2 fully saturated rings. The van der Waals surface area contributed by atoms with E-state index in [0.717, 1.165) is 37.6 Å². The molecule has 2 aliphatic heterocycles. The standard InChI is InChI=1S/C21H25FN4O3S2/c22-17-1-5-19(6-2-17)24-9-11-25(12-10-24)21(30)23-18-3-7-20(8-4-18)31(27,28)26-13-15-29-16-14-26/h1-8H,9-16H2,(H,23,30). The van der Waals surface area contributed by atoms with Crippen molar-refractivity contribution in [3.8, 4) is 0 Å². The maximum Gasteiger partial charge on any atom is 0.243 e. The van der Waals surface area contributed by atoms with Gasteiger partial charge in [-0.15, -0.1) is 0 Å². The second kappa shape index (κ2) is 9.47. The molecule has 0 unspecified atom stereocenters. The lowest BCUT2D eigenvalue weighted by molar-refractivity contribution is 0.0730. The van der Waals surface area contributed by atoms with E-state index < -0.39 is 10.0 Å². The summed E-state index contributed by atoms with van der Waals surface area (Å²) in [6.07, 6.45) is 0. The second-order valence-electron chi connectivity index (χ2n) is 7.42. The van der Waals surface area contributed by atoms with Crippen LogP contribution in [0.5, 0.6) is 0 Å². The highest BCUT2D eigenvalue weighted by atomic mass is 32.2. The predicted octanol–water partition coefficient (Wildman–Crippen LogP) is 2.37. The SMILES string of the molecule is O=S(=O)(c1ccc(NC(=S)N2CCN(c3ccc(F)cc3)CC2)cc1)N1CCOCC1. The largest absolute Gasteiger partial charge is 0.379 e. The smallest absolute Gasteiger partial charge is 0.243 e. The van der Waals surface area contributed by atoms with E-state index in [1.807, 2.05) is 0 Å². The highest BCUT2D eigenvalue weighted by Crippen LogP contribution is 2.21. The Bertz CT molecular complexity index is 1000. The van der Waals surface area contributed by atoms with Crippen molar-refractivity contribution in [3.63, 3.8) is 0 Å². The van der Waals surface area contributed by atoms with Crippen LogP contribution in [0.3, 0.4) is 0 Å². The quantitative estimate of drug-likeness (QED) is 0.697. The van der Waals surface area contributed by atoms with Crippen LogP contribution in [0.15, 0.2) is 53.4 Å². The summed E-state index contributed by atoms with van der Waals surface area (Å²) in [4.78, 5) is 4.54. The summed E-state index contributed by atoms with van der Waals surface area (Å²) >= 11 is 5.54. The first-order chi connectivity index (χ1) is 14.9. The molecule has 7 nitrogen and oxygen atoms in total. The van der Waals surface area contributed by atoms with Gasteiger partial charge in [-0.1, -0.05) is 0 Å². The molecule has 0 aromatic heterocycles. The van der Waals surface area contributed by atoms with Crippen molar-refractivity contribution in [1.82, 2.24) is 9.21 Å². The second-order valence-corrected chi connectivity index (χ2v) is 9.75. The maximum atomic E-state index is 13.1. The third kappa shape index (κ3) is 5.15. The molecule has 0 radical (unpaired) electrons. The Kier molecular flexibility index (Phi) is 6.71. The number of sulfonamides is 1. The van der Waals surface area contributed by atoms with Crippen molar-refractivity contribution in [2.24, 2.45) is 0 Å². The van der Waals surface area contributed by atoms with Crippen LogP contribution < -0.4 is 10.2 Å². The van der Waals surface area contributed by atoms with E-state index in [9.17, 15) is 12.8 Å². The molecule has 0 amide bonds. The summed E-state index contributed by atoms with van der Waals surface area (Å²) < 4.78 is 45.3. The fourth-order valence-corrected chi connectivity index (χ4v) is 5.38. The summed E-state index contributed by atoms with van der Waals surface area (Å²) in [6.45, 7) is 4.63. The van der Waals surface area contributed by atoms with Gasteiger partial charge in [0.15, 0.2) is 5.11 Å². The van der Waals surface area contributed by atoms with Crippen LogP contribution in [-0.2, 0) is 14.8 Å². The molecule has 166 valence electrons. The van der Waals surface area contributed by atoms with Crippen LogP contribution in [0.25, 0.3) is 0 Å². The molecule has 2 aromatic rings. The van der Waals surface area contributed by atoms with Crippen LogP contribution in [0.4, 0.5) is 15.8 Å². The minimum atomic E-state index is -3.51. The van der Waals surface area contributed by atoms with Crippen molar-refractivity contribution in [2.75, 3.05) is 62.7 Å². The molecule has 4 rings (SSSR count). The number of rotatable bonds is 4. The highest BCUT2D eigenvalue weighted by Gasteiger charge is 2.26. The number of anilines is 2. The van der Waals surface area contributed by atoms with Gasteiger partial charge in [0.25, 0.3) is 0 Å². The van der Waals surface area contributed by atoms with Gasteiger partial charge in [-0.2, -0.15) is 4.31 Å². The first-order valence-corrected chi connectivity index (χ1v) is 12.0. The fourth-order valence-electron chi connectivity index (χ4n) is 3.67. The van der Waals surface area contributed by atoms with E-state index >= 15 is 0 Å². The number of benzene rings is 2. The van der Waals surface area contributed by atoms with E-state index in [1.165, 1.54) is 16.4 Å². The third-order valence-corrected chi connectivity index (χ3v) is 7.75. The van der Waals surface area contributed by atoms with Crippen molar-refractivity contribution in [3.05, 3.63) is 54.3 Å². The number of piperazine rings is 1. The van der Waals surface area contributed by atoms with E-state index in [2.05, 4.69) is 15.1 Å². The molecular weight excluding hydrogens is 439 g/mol. The molecule has 0 bridgehead atoms. The zero-order chi connectivity index (χ0) is 21.8. The Morgan fingerprint density at radius 1 is 0.903 bits per heavy atom. The predicted molar refractivity (Wildman–Crippen MR) is 122 cm³/mol. The first kappa shape index (κ1) is 21.9. The topological polar surface area (TPSA) is 65.1 Å². The first-order valence-electron chi connectivity index (χ1n) is 10.2. The molecule has 0 saturated carbocycles. The van der Waals surface area contributed by atoms with Crippen LogP contribution in [-0.4, -0.2) is 75.2 Å². The summed E-state index contributed by atoms with van der Waals surface area (Å²) in [5.41, 5.74) is 1.74. The Morgan fingerprint density at radius 3 is 2.13 bits per heavy atom. The van der Waals surface area contributed by atoms with Crippen LogP contribution in [0, 0.1) is 5.82 Å². The monoisotopic (exact) mass is 464 g/mol. The fraction of sp³-hybridized carbons (Fsp3) is 0.381. The number of nitrogens with one attached hydrogen (secondary N) is 1. The molecule has 2 heterocycles. The highest BCUT2D eigenvalue weighted by molar-refractivity contribution is 7.89. The number of nitrogens with zero attached hydrogens (tertiary/aromatic N) is 3. The molecule has 0 aliphatic carbocycles. The van der Waals surface area contributed by atoms with Crippen molar-refractivity contribution < 1.29 is 17.5 Å². The van der Waals surface area contributed by atoms with E-state index in [4.69, 9.17) is 17.0 Å². The normalized spacial score (nSPS) is 18.1. The number of ether oxygens (including phenoxy) is 1. The van der Waals surface area contributed by atoms with Gasteiger partial charge in [0.1, 0.15) is 5.82 Å². The van der Waals surface area contributed by atoms with Gasteiger partial charge in [-0.05, 0) is 60.7 Å². The minimum Gasteiger partial charge on any atom is -0.379 e. The molecule has 0 spiro atoms. The maximum absolute atomic E-state index is 13.1. The van der Waals surface area contributed by atoms with Crippen LogP contribution in [0.1, 0.15) is 0 Å². The Balaban J connectivity index is 1.32. The number of hydrogen-bond donors (Lipinski definition) is 1. The molecule has 10 heteroatoms. The summed E-state index contributed by atoms with van der Waals surface area (Å²) in [5.74, 6) is -0.239. The van der Waals surface area contributed by atoms with Gasteiger partial charge in [0, 0.05) is 50.6 Å². The number of hydrogen-bond acceptors (Lipinski definition) is 5. The molecule has 1 N–H and O–H groups in total. The van der Waals surface area contributed by atoms with Crippen LogP contribution in [0.2, 0.25) is 0 Å². The van der Waals surface area contributed by atoms with Crippen molar-refractivity contribution in [2.45, 2.75) is 4.90 Å². The lowest BCUT2D eigenvalue weighted by Crippen LogP contribution is -2.50. The molecule has 31 heavy (non-hydrogen) atoms. The van der Waals surface area contributed by atoms with Gasteiger partial charge in [0.2, 0.25) is 10.0 Å². The Morgan fingerprint density at radius 2 is 1.52 bits per heavy atom. The Hall–Kier alpha value is -2.27. The van der Waals surface area contributed by atoms with Gasteiger partial charge < -0.3 is 19.9 Å². The van der Waals surface area contributed by atoms with E-state index in [1.54, 1.807) is 36.4 Å².